The van der Waals surface area contributed by atoms with Crippen LogP contribution in [0.4, 0.5) is 0 Å². The van der Waals surface area contributed by atoms with Crippen molar-refractivity contribution in [2.75, 3.05) is 52.5 Å². The molecule has 0 bridgehead atoms. The molecule has 18 nitrogen and oxygen atoms in total. The van der Waals surface area contributed by atoms with E-state index in [1.54, 1.807) is 62.9 Å². The molecule has 4 rings (SSSR count). The van der Waals surface area contributed by atoms with Crippen molar-refractivity contribution in [1.29, 1.82) is 0 Å². The molecular weight excluding hydrogens is 992 g/mol. The molecule has 0 spiro atoms. The molecule has 0 saturated carbocycles. The molecule has 4 aromatic heterocycles. The molecule has 0 amide bonds. The molecule has 19 heteroatoms. The van der Waals surface area contributed by atoms with Gasteiger partial charge in [0.15, 0.2) is 0 Å². The molecule has 0 N–H and O–H groups in total. The number of hydrogen-bond acceptors (Lipinski definition) is 14. The van der Waals surface area contributed by atoms with Crippen LogP contribution in [0, 0.1) is 0 Å². The molecule has 0 aliphatic rings. The van der Waals surface area contributed by atoms with E-state index in [2.05, 4.69) is 23.0 Å². The van der Waals surface area contributed by atoms with Crippen molar-refractivity contribution in [3.63, 3.8) is 0 Å². The first kappa shape index (κ1) is 61.3. The Balaban J connectivity index is 0.000000480. The predicted octanol–water partition coefficient (Wildman–Crippen LogP) is 3.24. The fourth-order valence-corrected chi connectivity index (χ4v) is 7.45. The predicted molar refractivity (Wildman–Crippen MR) is 260 cm³/mol. The summed E-state index contributed by atoms with van der Waals surface area (Å²) in [4.78, 5) is 75.2. The Morgan fingerprint density at radius 1 is 0.437 bits per heavy atom. The van der Waals surface area contributed by atoms with Gasteiger partial charge in [-0.1, -0.05) is 63.1 Å². The molecule has 71 heavy (non-hydrogen) atoms. The average molecular weight is 1060 g/mol. The summed E-state index contributed by atoms with van der Waals surface area (Å²) in [7, 11) is 0. The number of unbranched alkanes of at least 4 members (excludes halogenated alkanes) is 6. The van der Waals surface area contributed by atoms with Gasteiger partial charge in [0, 0.05) is 62.1 Å². The van der Waals surface area contributed by atoms with Crippen molar-refractivity contribution in [3.05, 3.63) is 139 Å². The van der Waals surface area contributed by atoms with Crippen LogP contribution in [-0.4, -0.2) is 92.5 Å². The zero-order valence-corrected chi connectivity index (χ0v) is 43.9. The molecule has 0 aliphatic heterocycles. The first-order chi connectivity index (χ1) is 33.6. The number of pyridine rings is 4. The van der Waals surface area contributed by atoms with Crippen molar-refractivity contribution in [2.45, 2.75) is 117 Å². The van der Waals surface area contributed by atoms with Crippen molar-refractivity contribution < 1.29 is 65.7 Å². The Hall–Kier alpha value is -5.78. The minimum Gasteiger partial charge on any atom is -0.869 e. The number of rotatable bonds is 32. The van der Waals surface area contributed by atoms with E-state index in [1.165, 1.54) is 42.5 Å². The fraction of sp³-hybridized carbons (Fsp3) is 0.500. The Morgan fingerprint density at radius 2 is 0.676 bits per heavy atom. The Kier molecular flexibility index (Phi) is 29.8. The summed E-state index contributed by atoms with van der Waals surface area (Å²) in [5.74, 6) is -2.76. The second kappa shape index (κ2) is 34.5. The molecule has 384 valence electrons. The minimum atomic E-state index is -0.511. The van der Waals surface area contributed by atoms with Crippen molar-refractivity contribution >= 4 is 11.9 Å². The fourth-order valence-electron chi connectivity index (χ4n) is 7.45. The zero-order chi connectivity index (χ0) is 51.3. The van der Waals surface area contributed by atoms with E-state index in [1.807, 2.05) is 0 Å². The van der Waals surface area contributed by atoms with Crippen LogP contribution in [-0.2, 0) is 71.4 Å². The van der Waals surface area contributed by atoms with Crippen LogP contribution in [0.3, 0.4) is 0 Å². The van der Waals surface area contributed by atoms with Crippen LogP contribution < -0.4 is 42.7 Å². The van der Waals surface area contributed by atoms with Gasteiger partial charge in [0.1, 0.15) is 0 Å². The van der Waals surface area contributed by atoms with Gasteiger partial charge < -0.3 is 58.0 Å². The number of ether oxygens (including phenoxy) is 2. The average Bonchev–Trinajstić information content (AvgIpc) is 3.33. The monoisotopic (exact) mass is 1060 g/mol. The van der Waals surface area contributed by atoms with Crippen LogP contribution >= 0.6 is 0 Å². The van der Waals surface area contributed by atoms with Gasteiger partial charge in [-0.2, -0.15) is 0 Å². The van der Waals surface area contributed by atoms with Crippen LogP contribution in [0.1, 0.15) is 90.9 Å². The molecule has 4 heterocycles. The SMILES string of the molecule is C=C(C)C(=O)OCCCCCCN(CCCn1cccc([O-])c1=O)CCCn1cccc([O-])c1=O.C=C(C)C(=O)OCCCCCCN(CCCn1cccc([O-])c1=O)CCCn1cccc([O-])c1=O.[Zr+4]. The van der Waals surface area contributed by atoms with Gasteiger partial charge in [-0.05, 0) is 152 Å². The molecule has 0 saturated heterocycles. The summed E-state index contributed by atoms with van der Waals surface area (Å²) in [6.45, 7) is 17.6. The largest absolute Gasteiger partial charge is 4.00 e. The smallest absolute Gasteiger partial charge is 0.869 e. The maximum Gasteiger partial charge on any atom is 4.00 e. The third-order valence-electron chi connectivity index (χ3n) is 11.3. The van der Waals surface area contributed by atoms with Gasteiger partial charge in [-0.15, -0.1) is 0 Å². The number of hydrogen-bond donors (Lipinski definition) is 0. The second-order valence-electron chi connectivity index (χ2n) is 17.2. The number of esters is 2. The normalized spacial score (nSPS) is 10.9. The van der Waals surface area contributed by atoms with E-state index < -0.39 is 45.2 Å². The van der Waals surface area contributed by atoms with Crippen molar-refractivity contribution in [2.24, 2.45) is 0 Å². The molecule has 0 fully saturated rings. The number of carbonyl (C=O) groups is 2. The van der Waals surface area contributed by atoms with Crippen LogP contribution in [0.15, 0.2) is 117 Å². The van der Waals surface area contributed by atoms with Crippen LogP contribution in [0.5, 0.6) is 23.0 Å². The summed E-state index contributed by atoms with van der Waals surface area (Å²) in [5, 5.41) is 46.2. The molecule has 0 aromatic carbocycles. The molecule has 0 atom stereocenters. The quantitative estimate of drug-likeness (QED) is 0.0388. The van der Waals surface area contributed by atoms with Crippen LogP contribution in [0.25, 0.3) is 0 Å². The van der Waals surface area contributed by atoms with Gasteiger partial charge in [-0.25, -0.2) is 9.59 Å². The molecule has 0 radical (unpaired) electrons. The molecular formula is C52H70N6O12Zr. The minimum absolute atomic E-state index is 0. The third kappa shape index (κ3) is 23.8. The maximum atomic E-state index is 12.0. The zero-order valence-electron chi connectivity index (χ0n) is 41.4. The molecule has 4 aromatic rings. The first-order valence-corrected chi connectivity index (χ1v) is 24.1. The Labute approximate surface area is 435 Å². The molecule has 0 unspecified atom stereocenters. The van der Waals surface area contributed by atoms with E-state index in [0.717, 1.165) is 90.6 Å². The van der Waals surface area contributed by atoms with Crippen molar-refractivity contribution in [1.82, 2.24) is 28.1 Å². The summed E-state index contributed by atoms with van der Waals surface area (Å²) in [6, 6.07) is 11.4. The second-order valence-corrected chi connectivity index (χ2v) is 17.2. The summed E-state index contributed by atoms with van der Waals surface area (Å²) >= 11 is 0. The van der Waals surface area contributed by atoms with Gasteiger partial charge >= 0.3 is 38.1 Å². The van der Waals surface area contributed by atoms with Gasteiger partial charge in [-0.3, -0.25) is 19.2 Å². The van der Waals surface area contributed by atoms with E-state index in [-0.39, 0.29) is 38.1 Å². The number of nitrogens with zero attached hydrogens (tertiary/aromatic N) is 6. The standard InChI is InChI=1S/2C26H37N3O6.Zr/c2*1-21(2)26(34)35-20-6-4-3-5-13-27(14-9-18-28-16-7-11-22(30)24(28)32)15-10-19-29-17-8-12-23(31)25(29)33;/h2*7-8,11-12,16-17,30-31H,1,3-6,9-10,13-15,18-20H2,2H3;/q;;+4/p-4. The van der Waals surface area contributed by atoms with Crippen LogP contribution in [0.2, 0.25) is 0 Å². The summed E-state index contributed by atoms with van der Waals surface area (Å²) < 4.78 is 16.0. The number of aryl methyl sites for hydroxylation is 4. The van der Waals surface area contributed by atoms with E-state index in [0.29, 0.717) is 76.2 Å². The Bertz CT molecular complexity index is 2200. The number of aromatic nitrogens is 4. The van der Waals surface area contributed by atoms with Gasteiger partial charge in [0.05, 0.1) is 13.2 Å². The van der Waals surface area contributed by atoms with Gasteiger partial charge in [0.25, 0.3) is 0 Å². The summed E-state index contributed by atoms with van der Waals surface area (Å²) in [5.41, 5.74) is -1.25. The van der Waals surface area contributed by atoms with E-state index in [4.69, 9.17) is 9.47 Å². The maximum absolute atomic E-state index is 12.0. The van der Waals surface area contributed by atoms with Crippen molar-refractivity contribution in [3.8, 4) is 23.0 Å². The van der Waals surface area contributed by atoms with Gasteiger partial charge in [0.2, 0.25) is 22.2 Å². The topological polar surface area (TPSA) is 239 Å². The molecule has 0 aliphatic carbocycles. The first-order valence-electron chi connectivity index (χ1n) is 24.1. The van der Waals surface area contributed by atoms with E-state index >= 15 is 0 Å². The number of carbonyl (C=O) groups excluding carboxylic acids is 2. The summed E-state index contributed by atoms with van der Waals surface area (Å²) in [6.07, 6.45) is 16.7. The van der Waals surface area contributed by atoms with E-state index in [9.17, 15) is 49.2 Å². The third-order valence-corrected chi connectivity index (χ3v) is 11.3. The Morgan fingerprint density at radius 3 is 0.930 bits per heavy atom.